The molecule has 0 aliphatic heterocycles. The number of aromatic nitrogens is 2. The van der Waals surface area contributed by atoms with Crippen LogP contribution in [0.3, 0.4) is 0 Å². The first-order valence-electron chi connectivity index (χ1n) is 7.86. The number of anilines is 2. The molecule has 25 heavy (non-hydrogen) atoms. The first kappa shape index (κ1) is 17.6. The zero-order valence-electron chi connectivity index (χ0n) is 13.8. The van der Waals surface area contributed by atoms with Crippen LogP contribution in [0.15, 0.2) is 28.0 Å². The van der Waals surface area contributed by atoms with E-state index in [1.807, 2.05) is 24.4 Å². The summed E-state index contributed by atoms with van der Waals surface area (Å²) in [6, 6.07) is 6.67. The third-order valence-electron chi connectivity index (χ3n) is 3.28. The molecule has 5 N–H and O–H groups in total. The quantitative estimate of drug-likeness (QED) is 0.334. The fourth-order valence-corrected chi connectivity index (χ4v) is 3.87. The van der Waals surface area contributed by atoms with Crippen molar-refractivity contribution < 1.29 is 4.42 Å². The van der Waals surface area contributed by atoms with Crippen LogP contribution in [-0.2, 0) is 11.5 Å². The predicted molar refractivity (Wildman–Crippen MR) is 106 cm³/mol. The largest absolute Gasteiger partial charge is 0.424 e. The number of hydrogen-bond donors (Lipinski definition) is 4. The van der Waals surface area contributed by atoms with Gasteiger partial charge in [-0.1, -0.05) is 6.07 Å². The smallest absolute Gasteiger partial charge is 0.295 e. The Balaban J connectivity index is 1.53. The summed E-state index contributed by atoms with van der Waals surface area (Å²) in [6.45, 7) is 3.12. The summed E-state index contributed by atoms with van der Waals surface area (Å²) >= 11 is 3.32. The Bertz CT molecular complexity index is 859. The molecule has 0 bridgehead atoms. The molecule has 0 radical (unpaired) electrons. The first-order valence-corrected chi connectivity index (χ1v) is 9.89. The van der Waals surface area contributed by atoms with Crippen LogP contribution in [0.25, 0.3) is 11.1 Å². The highest BCUT2D eigenvalue weighted by molar-refractivity contribution is 7.97. The second kappa shape index (κ2) is 8.21. The lowest BCUT2D eigenvalue weighted by Crippen LogP contribution is -2.20. The van der Waals surface area contributed by atoms with Crippen molar-refractivity contribution in [2.75, 3.05) is 23.7 Å². The van der Waals surface area contributed by atoms with Gasteiger partial charge in [0, 0.05) is 23.4 Å². The molecule has 3 rings (SSSR count). The number of rotatable bonds is 9. The van der Waals surface area contributed by atoms with Crippen LogP contribution in [0.5, 0.6) is 0 Å². The number of thioether (sulfide) groups is 1. The Kier molecular flexibility index (Phi) is 5.77. The molecule has 0 saturated heterocycles. The molecule has 0 aliphatic carbocycles. The number of nitrogens with zero attached hydrogens (tertiary/aromatic N) is 2. The van der Waals surface area contributed by atoms with E-state index < -0.39 is 0 Å². The van der Waals surface area contributed by atoms with Gasteiger partial charge in [-0.05, 0) is 24.6 Å². The van der Waals surface area contributed by atoms with E-state index in [0.717, 1.165) is 40.0 Å². The molecule has 9 heteroatoms. The second-order valence-electron chi connectivity index (χ2n) is 5.37. The van der Waals surface area contributed by atoms with Gasteiger partial charge in [0.2, 0.25) is 0 Å². The lowest BCUT2D eigenvalue weighted by atomic mass is 10.2. The zero-order chi connectivity index (χ0) is 17.6. The molecule has 0 spiro atoms. The van der Waals surface area contributed by atoms with E-state index in [0.29, 0.717) is 12.6 Å². The molecule has 0 saturated carbocycles. The van der Waals surface area contributed by atoms with Crippen LogP contribution in [0, 0.1) is 5.41 Å². The van der Waals surface area contributed by atoms with Crippen molar-refractivity contribution in [3.8, 4) is 0 Å². The summed E-state index contributed by atoms with van der Waals surface area (Å²) in [5.41, 5.74) is 9.22. The van der Waals surface area contributed by atoms with Crippen LogP contribution in [-0.4, -0.2) is 28.9 Å². The summed E-state index contributed by atoms with van der Waals surface area (Å²) in [5.74, 6) is 1.81. The maximum Gasteiger partial charge on any atom is 0.295 e. The molecule has 2 heterocycles. The minimum Gasteiger partial charge on any atom is -0.424 e. The van der Waals surface area contributed by atoms with Crippen LogP contribution in [0.1, 0.15) is 18.2 Å². The number of nitrogens with one attached hydrogen (secondary N) is 3. The monoisotopic (exact) mass is 376 g/mol. The lowest BCUT2D eigenvalue weighted by molar-refractivity contribution is 0.616. The van der Waals surface area contributed by atoms with Gasteiger partial charge in [0.05, 0.1) is 12.2 Å². The summed E-state index contributed by atoms with van der Waals surface area (Å²) in [7, 11) is 0. The normalized spacial score (nSPS) is 10.9. The highest BCUT2D eigenvalue weighted by Gasteiger charge is 2.07. The number of fused-ring (bicyclic) bond motifs is 1. The van der Waals surface area contributed by atoms with Gasteiger partial charge >= 0.3 is 0 Å². The minimum absolute atomic E-state index is 0.103. The Morgan fingerprint density at radius 3 is 3.00 bits per heavy atom. The zero-order valence-corrected chi connectivity index (χ0v) is 15.5. The predicted octanol–water partition coefficient (Wildman–Crippen LogP) is 3.50. The standard InChI is InChI=1S/C16H20N6OS2/c1-2-19-15-22-12-4-3-10(5-13(12)23-15)7-24-8-11-9-25-16(21-11)20-6-14(17)18/h3-5,9H,2,6-8H2,1H3,(H3,17,18)(H,19,22)(H,20,21). The van der Waals surface area contributed by atoms with Crippen LogP contribution < -0.4 is 16.4 Å². The Morgan fingerprint density at radius 2 is 2.20 bits per heavy atom. The molecule has 2 aromatic heterocycles. The van der Waals surface area contributed by atoms with Gasteiger partial charge in [-0.25, -0.2) is 4.98 Å². The number of oxazole rings is 1. The van der Waals surface area contributed by atoms with E-state index >= 15 is 0 Å². The average molecular weight is 377 g/mol. The van der Waals surface area contributed by atoms with Gasteiger partial charge < -0.3 is 20.8 Å². The number of benzene rings is 1. The van der Waals surface area contributed by atoms with Crippen molar-refractivity contribution in [3.63, 3.8) is 0 Å². The van der Waals surface area contributed by atoms with Gasteiger partial charge in [0.25, 0.3) is 6.01 Å². The summed E-state index contributed by atoms with van der Waals surface area (Å²) in [4.78, 5) is 8.86. The highest BCUT2D eigenvalue weighted by Crippen LogP contribution is 2.25. The van der Waals surface area contributed by atoms with Crippen molar-refractivity contribution in [2.45, 2.75) is 18.4 Å². The third kappa shape index (κ3) is 4.86. The summed E-state index contributed by atoms with van der Waals surface area (Å²) < 4.78 is 5.69. The maximum atomic E-state index is 7.21. The van der Waals surface area contributed by atoms with E-state index in [2.05, 4.69) is 26.7 Å². The topological polar surface area (TPSA) is 113 Å². The molecule has 1 aromatic carbocycles. The van der Waals surface area contributed by atoms with Crippen LogP contribution in [0.2, 0.25) is 0 Å². The van der Waals surface area contributed by atoms with E-state index in [9.17, 15) is 0 Å². The SMILES string of the molecule is CCNc1nc2ccc(CSCc3csc(NCC(=N)N)n3)cc2o1. The summed E-state index contributed by atoms with van der Waals surface area (Å²) in [6.07, 6.45) is 0. The molecule has 7 nitrogen and oxygen atoms in total. The van der Waals surface area contributed by atoms with E-state index in [1.165, 1.54) is 16.9 Å². The Morgan fingerprint density at radius 1 is 1.32 bits per heavy atom. The van der Waals surface area contributed by atoms with Gasteiger partial charge in [-0.15, -0.1) is 11.3 Å². The first-order chi connectivity index (χ1) is 12.1. The van der Waals surface area contributed by atoms with Gasteiger partial charge in [0.1, 0.15) is 11.4 Å². The van der Waals surface area contributed by atoms with Gasteiger partial charge in [-0.2, -0.15) is 16.7 Å². The second-order valence-corrected chi connectivity index (χ2v) is 7.21. The maximum absolute atomic E-state index is 7.21. The van der Waals surface area contributed by atoms with Gasteiger partial charge in [-0.3, -0.25) is 5.41 Å². The molecule has 0 amide bonds. The Labute approximate surface area is 153 Å². The van der Waals surface area contributed by atoms with Crippen molar-refractivity contribution in [1.29, 1.82) is 5.41 Å². The molecule has 0 atom stereocenters. The lowest BCUT2D eigenvalue weighted by Gasteiger charge is -2.01. The Hall–Kier alpha value is -2.26. The fourth-order valence-electron chi connectivity index (χ4n) is 2.18. The third-order valence-corrected chi connectivity index (χ3v) is 5.17. The molecular formula is C16H20N6OS2. The molecule has 0 aliphatic rings. The van der Waals surface area contributed by atoms with E-state index in [4.69, 9.17) is 15.6 Å². The van der Waals surface area contributed by atoms with Crippen molar-refractivity contribution in [1.82, 2.24) is 9.97 Å². The fraction of sp³-hybridized carbons (Fsp3) is 0.312. The number of nitrogens with two attached hydrogens (primary N) is 1. The molecule has 0 unspecified atom stereocenters. The molecule has 3 aromatic rings. The van der Waals surface area contributed by atoms with Gasteiger partial charge in [0.15, 0.2) is 10.7 Å². The number of thiazole rings is 1. The van der Waals surface area contributed by atoms with Crippen molar-refractivity contribution in [2.24, 2.45) is 5.73 Å². The van der Waals surface area contributed by atoms with Crippen LogP contribution in [0.4, 0.5) is 11.1 Å². The van der Waals surface area contributed by atoms with E-state index in [1.54, 1.807) is 11.8 Å². The minimum atomic E-state index is 0.103. The molecule has 132 valence electrons. The molecular weight excluding hydrogens is 356 g/mol. The number of hydrogen-bond acceptors (Lipinski definition) is 8. The van der Waals surface area contributed by atoms with Crippen molar-refractivity contribution >= 4 is 51.2 Å². The van der Waals surface area contributed by atoms with Crippen molar-refractivity contribution in [3.05, 3.63) is 34.8 Å². The van der Waals surface area contributed by atoms with E-state index in [-0.39, 0.29) is 5.84 Å². The summed E-state index contributed by atoms with van der Waals surface area (Å²) in [5, 5.41) is 16.1. The number of amidine groups is 1. The average Bonchev–Trinajstić information content (AvgIpc) is 3.19. The molecule has 0 fully saturated rings. The van der Waals surface area contributed by atoms with Crippen LogP contribution >= 0.6 is 23.1 Å². The highest BCUT2D eigenvalue weighted by atomic mass is 32.2.